The maximum absolute atomic E-state index is 11.8. The van der Waals surface area contributed by atoms with Crippen molar-refractivity contribution in [3.05, 3.63) is 24.3 Å². The average molecular weight is 287 g/mol. The van der Waals surface area contributed by atoms with E-state index in [1.807, 2.05) is 12.1 Å². The van der Waals surface area contributed by atoms with Crippen molar-refractivity contribution in [2.24, 2.45) is 0 Å². The van der Waals surface area contributed by atoms with Gasteiger partial charge in [-0.25, -0.2) is 0 Å². The summed E-state index contributed by atoms with van der Waals surface area (Å²) in [5, 5.41) is 17.2. The summed E-state index contributed by atoms with van der Waals surface area (Å²) in [4.78, 5) is 13.0. The molecule has 0 atom stereocenters. The van der Waals surface area contributed by atoms with Crippen molar-refractivity contribution < 1.29 is 14.3 Å². The van der Waals surface area contributed by atoms with Crippen LogP contribution in [0.1, 0.15) is 12.8 Å². The molecule has 0 aromatic heterocycles. The molecular weight excluding hydrogens is 270 g/mol. The van der Waals surface area contributed by atoms with E-state index in [1.165, 1.54) is 4.90 Å². The van der Waals surface area contributed by atoms with Crippen molar-refractivity contribution in [2.75, 3.05) is 26.8 Å². The fourth-order valence-corrected chi connectivity index (χ4v) is 1.65. The van der Waals surface area contributed by atoms with Crippen molar-refractivity contribution in [3.63, 3.8) is 0 Å². The molecule has 110 valence electrons. The average Bonchev–Trinajstić information content (AvgIpc) is 2.51. The molecule has 6 nitrogen and oxygen atoms in total. The Hall–Kier alpha value is -2.73. The molecule has 0 radical (unpaired) electrons. The van der Waals surface area contributed by atoms with E-state index in [2.05, 4.69) is 0 Å². The fourth-order valence-electron chi connectivity index (χ4n) is 1.65. The van der Waals surface area contributed by atoms with Crippen molar-refractivity contribution in [3.8, 4) is 23.6 Å². The quantitative estimate of drug-likeness (QED) is 0.537. The molecule has 0 aliphatic carbocycles. The van der Waals surface area contributed by atoms with E-state index in [0.717, 1.165) is 5.75 Å². The van der Waals surface area contributed by atoms with Crippen LogP contribution in [0.3, 0.4) is 0 Å². The number of carbonyl (C=O) groups excluding carboxylic acids is 1. The smallest absolute Gasteiger partial charge is 0.224 e. The molecule has 0 spiro atoms. The second-order valence-electron chi connectivity index (χ2n) is 4.19. The molecule has 0 N–H and O–H groups in total. The van der Waals surface area contributed by atoms with E-state index in [0.29, 0.717) is 18.8 Å². The Labute approximate surface area is 124 Å². The predicted molar refractivity (Wildman–Crippen MR) is 75.5 cm³/mol. The lowest BCUT2D eigenvalue weighted by Gasteiger charge is -2.15. The Bertz CT molecular complexity index is 513. The lowest BCUT2D eigenvalue weighted by molar-refractivity contribution is -0.130. The molecule has 0 bridgehead atoms. The Morgan fingerprint density at radius 2 is 1.71 bits per heavy atom. The van der Waals surface area contributed by atoms with Gasteiger partial charge in [0.1, 0.15) is 24.6 Å². The molecule has 0 heterocycles. The number of rotatable bonds is 8. The third kappa shape index (κ3) is 5.84. The number of hydrogen-bond donors (Lipinski definition) is 0. The highest BCUT2D eigenvalue weighted by Crippen LogP contribution is 2.17. The first-order valence-corrected chi connectivity index (χ1v) is 6.49. The Kier molecular flexibility index (Phi) is 7.17. The number of hydrogen-bond acceptors (Lipinski definition) is 5. The molecule has 0 aliphatic rings. The van der Waals surface area contributed by atoms with Gasteiger partial charge in [-0.1, -0.05) is 0 Å². The summed E-state index contributed by atoms with van der Waals surface area (Å²) in [7, 11) is 1.59. The number of methoxy groups -OCH3 is 1. The first kappa shape index (κ1) is 16.3. The number of nitriles is 2. The lowest BCUT2D eigenvalue weighted by atomic mass is 10.2. The zero-order valence-electron chi connectivity index (χ0n) is 11.9. The van der Waals surface area contributed by atoms with Gasteiger partial charge in [0.25, 0.3) is 0 Å². The highest BCUT2D eigenvalue weighted by molar-refractivity contribution is 5.76. The summed E-state index contributed by atoms with van der Waals surface area (Å²) in [6.07, 6.45) is 0.776. The van der Waals surface area contributed by atoms with Crippen LogP contribution in [0.4, 0.5) is 0 Å². The minimum Gasteiger partial charge on any atom is -0.497 e. The number of amides is 1. The molecule has 0 unspecified atom stereocenters. The summed E-state index contributed by atoms with van der Waals surface area (Å²) in [6, 6.07) is 10.9. The van der Waals surface area contributed by atoms with Crippen molar-refractivity contribution in [1.29, 1.82) is 10.5 Å². The third-order valence-corrected chi connectivity index (χ3v) is 2.74. The first-order valence-electron chi connectivity index (χ1n) is 6.49. The Morgan fingerprint density at radius 1 is 1.14 bits per heavy atom. The second-order valence-corrected chi connectivity index (χ2v) is 4.19. The van der Waals surface area contributed by atoms with E-state index in [9.17, 15) is 4.79 Å². The molecule has 0 fully saturated rings. The van der Waals surface area contributed by atoms with Gasteiger partial charge in [-0.05, 0) is 30.7 Å². The van der Waals surface area contributed by atoms with Crippen molar-refractivity contribution in [2.45, 2.75) is 12.8 Å². The van der Waals surface area contributed by atoms with Gasteiger partial charge in [-0.3, -0.25) is 4.79 Å². The van der Waals surface area contributed by atoms with Gasteiger partial charge >= 0.3 is 0 Å². The highest BCUT2D eigenvalue weighted by Gasteiger charge is 2.12. The van der Waals surface area contributed by atoms with Crippen LogP contribution in [0.2, 0.25) is 0 Å². The Balaban J connectivity index is 2.30. The Morgan fingerprint density at radius 3 is 2.24 bits per heavy atom. The molecule has 1 rings (SSSR count). The van der Waals surface area contributed by atoms with Crippen LogP contribution >= 0.6 is 0 Å². The maximum Gasteiger partial charge on any atom is 0.224 e. The zero-order valence-corrected chi connectivity index (χ0v) is 11.9. The van der Waals surface area contributed by atoms with Gasteiger partial charge in [0.05, 0.1) is 25.9 Å². The van der Waals surface area contributed by atoms with Crippen LogP contribution in [-0.2, 0) is 4.79 Å². The minimum atomic E-state index is -0.212. The van der Waals surface area contributed by atoms with Gasteiger partial charge in [0, 0.05) is 6.42 Å². The van der Waals surface area contributed by atoms with Crippen LogP contribution in [0.15, 0.2) is 24.3 Å². The monoisotopic (exact) mass is 287 g/mol. The van der Waals surface area contributed by atoms with E-state index >= 15 is 0 Å². The van der Waals surface area contributed by atoms with Gasteiger partial charge < -0.3 is 14.4 Å². The molecule has 1 amide bonds. The number of carbonyl (C=O) groups is 1. The largest absolute Gasteiger partial charge is 0.497 e. The summed E-state index contributed by atoms with van der Waals surface area (Å²) in [5.41, 5.74) is 0. The molecule has 0 saturated heterocycles. The SMILES string of the molecule is COc1ccc(OCCCC(=O)N(CC#N)CC#N)cc1. The van der Waals surface area contributed by atoms with E-state index in [4.69, 9.17) is 20.0 Å². The summed E-state index contributed by atoms with van der Waals surface area (Å²) in [5.74, 6) is 1.24. The minimum absolute atomic E-state index is 0.0638. The molecule has 0 saturated carbocycles. The van der Waals surface area contributed by atoms with Crippen LogP contribution in [0, 0.1) is 22.7 Å². The normalized spacial score (nSPS) is 9.29. The molecule has 21 heavy (non-hydrogen) atoms. The molecule has 0 aliphatic heterocycles. The number of benzene rings is 1. The predicted octanol–water partition coefficient (Wildman–Crippen LogP) is 1.73. The van der Waals surface area contributed by atoms with E-state index < -0.39 is 0 Å². The molecule has 1 aromatic carbocycles. The van der Waals surface area contributed by atoms with E-state index in [1.54, 1.807) is 31.4 Å². The van der Waals surface area contributed by atoms with Gasteiger partial charge in [0.15, 0.2) is 0 Å². The standard InChI is InChI=1S/C15H17N3O3/c1-20-13-4-6-14(7-5-13)21-12-2-3-15(19)18(10-8-16)11-9-17/h4-7H,2-3,10-12H2,1H3. The molecule has 6 heteroatoms. The van der Waals surface area contributed by atoms with Gasteiger partial charge in [-0.2, -0.15) is 10.5 Å². The number of ether oxygens (including phenoxy) is 2. The second kappa shape index (κ2) is 9.22. The fraction of sp³-hybridized carbons (Fsp3) is 0.400. The van der Waals surface area contributed by atoms with Crippen molar-refractivity contribution in [1.82, 2.24) is 4.90 Å². The van der Waals surface area contributed by atoms with Gasteiger partial charge in [0.2, 0.25) is 5.91 Å². The summed E-state index contributed by atoms with van der Waals surface area (Å²) >= 11 is 0. The van der Waals surface area contributed by atoms with Crippen LogP contribution in [-0.4, -0.2) is 37.6 Å². The maximum atomic E-state index is 11.8. The van der Waals surface area contributed by atoms with Crippen LogP contribution in [0.5, 0.6) is 11.5 Å². The van der Waals surface area contributed by atoms with Crippen LogP contribution in [0.25, 0.3) is 0 Å². The number of nitrogens with zero attached hydrogens (tertiary/aromatic N) is 3. The summed E-state index contributed by atoms with van der Waals surface area (Å²) in [6.45, 7) is 0.266. The molecular formula is C15H17N3O3. The summed E-state index contributed by atoms with van der Waals surface area (Å²) < 4.78 is 10.5. The topological polar surface area (TPSA) is 86.3 Å². The molecule has 1 aromatic rings. The first-order chi connectivity index (χ1) is 10.2. The van der Waals surface area contributed by atoms with Gasteiger partial charge in [-0.15, -0.1) is 0 Å². The zero-order chi connectivity index (χ0) is 15.5. The highest BCUT2D eigenvalue weighted by atomic mass is 16.5. The van der Waals surface area contributed by atoms with Crippen LogP contribution < -0.4 is 9.47 Å². The van der Waals surface area contributed by atoms with E-state index in [-0.39, 0.29) is 25.4 Å². The lowest BCUT2D eigenvalue weighted by Crippen LogP contribution is -2.31. The van der Waals surface area contributed by atoms with Crippen molar-refractivity contribution >= 4 is 5.91 Å². The third-order valence-electron chi connectivity index (χ3n) is 2.74.